The van der Waals surface area contributed by atoms with E-state index in [4.69, 9.17) is 4.74 Å². The molecule has 0 bridgehead atoms. The van der Waals surface area contributed by atoms with Crippen molar-refractivity contribution in [1.82, 2.24) is 9.55 Å². The molecule has 28 heavy (non-hydrogen) atoms. The molecule has 3 rings (SSSR count). The van der Waals surface area contributed by atoms with E-state index in [2.05, 4.69) is 23.2 Å². The molecule has 0 radical (unpaired) electrons. The molecule has 0 aliphatic carbocycles. The minimum Gasteiger partial charge on any atom is -0.407 e. The largest absolute Gasteiger partial charge is 0.454 e. The van der Waals surface area contributed by atoms with Gasteiger partial charge >= 0.3 is 16.6 Å². The molecule has 0 atom stereocenters. The van der Waals surface area contributed by atoms with E-state index in [-0.39, 0.29) is 5.75 Å². The summed E-state index contributed by atoms with van der Waals surface area (Å²) in [5.41, 5.74) is 1.85. The SMILES string of the molecule is CC(C)Cc1ccc(OC(=O)N=S(=O)=O)c(-c2ccc(Cn3ccnc3)s2)c1. The van der Waals surface area contributed by atoms with Crippen LogP contribution in [-0.4, -0.2) is 24.1 Å². The highest BCUT2D eigenvalue weighted by atomic mass is 32.2. The molecular weight excluding hydrogens is 398 g/mol. The van der Waals surface area contributed by atoms with Crippen molar-refractivity contribution in [3.8, 4) is 16.2 Å². The Bertz CT molecular complexity index is 1090. The number of amides is 1. The summed E-state index contributed by atoms with van der Waals surface area (Å²) < 4.78 is 31.3. The van der Waals surface area contributed by atoms with Crippen LogP contribution in [0.3, 0.4) is 0 Å². The van der Waals surface area contributed by atoms with Crippen LogP contribution in [0.1, 0.15) is 24.3 Å². The molecule has 1 aromatic carbocycles. The van der Waals surface area contributed by atoms with Gasteiger partial charge in [-0.05, 0) is 42.2 Å². The Hall–Kier alpha value is -2.78. The minimum atomic E-state index is -2.85. The number of benzene rings is 1. The normalized spacial score (nSPS) is 10.8. The van der Waals surface area contributed by atoms with Crippen LogP contribution in [0.25, 0.3) is 10.4 Å². The van der Waals surface area contributed by atoms with Gasteiger partial charge in [-0.25, -0.2) is 9.78 Å². The van der Waals surface area contributed by atoms with E-state index in [0.29, 0.717) is 12.5 Å². The lowest BCUT2D eigenvalue weighted by Gasteiger charge is -2.11. The Kier molecular flexibility index (Phi) is 6.37. The number of thiophene rings is 1. The van der Waals surface area contributed by atoms with Gasteiger partial charge in [-0.2, -0.15) is 8.42 Å². The number of hydrogen-bond acceptors (Lipinski definition) is 6. The van der Waals surface area contributed by atoms with E-state index >= 15 is 0 Å². The fraction of sp³-hybridized carbons (Fsp3) is 0.263. The minimum absolute atomic E-state index is 0.280. The maximum absolute atomic E-state index is 11.7. The van der Waals surface area contributed by atoms with Crippen LogP contribution in [0.2, 0.25) is 0 Å². The Labute approximate surface area is 168 Å². The molecule has 9 heteroatoms. The van der Waals surface area contributed by atoms with Gasteiger partial charge in [-0.1, -0.05) is 24.3 Å². The first-order valence-corrected chi connectivity index (χ1v) is 10.5. The van der Waals surface area contributed by atoms with Crippen molar-refractivity contribution in [2.24, 2.45) is 10.3 Å². The van der Waals surface area contributed by atoms with E-state index in [1.54, 1.807) is 29.9 Å². The highest BCUT2D eigenvalue weighted by molar-refractivity contribution is 7.62. The summed E-state index contributed by atoms with van der Waals surface area (Å²) in [4.78, 5) is 17.8. The number of carbonyl (C=O) groups is 1. The van der Waals surface area contributed by atoms with Gasteiger partial charge in [0.25, 0.3) is 0 Å². The zero-order valence-electron chi connectivity index (χ0n) is 15.4. The Morgan fingerprint density at radius 3 is 2.79 bits per heavy atom. The maximum Gasteiger partial charge on any atom is 0.454 e. The van der Waals surface area contributed by atoms with Crippen LogP contribution in [0.5, 0.6) is 5.75 Å². The van der Waals surface area contributed by atoms with Crippen molar-refractivity contribution >= 4 is 27.9 Å². The third kappa shape index (κ3) is 5.37. The highest BCUT2D eigenvalue weighted by Gasteiger charge is 2.14. The molecule has 0 N–H and O–H groups in total. The van der Waals surface area contributed by atoms with Crippen molar-refractivity contribution in [2.45, 2.75) is 26.8 Å². The average Bonchev–Trinajstić information content (AvgIpc) is 3.27. The van der Waals surface area contributed by atoms with Gasteiger partial charge in [0, 0.05) is 27.7 Å². The highest BCUT2D eigenvalue weighted by Crippen LogP contribution is 2.36. The summed E-state index contributed by atoms with van der Waals surface area (Å²) in [7, 11) is -2.85. The summed E-state index contributed by atoms with van der Waals surface area (Å²) in [5, 5.41) is 0. The van der Waals surface area contributed by atoms with Crippen molar-refractivity contribution in [2.75, 3.05) is 0 Å². The molecule has 0 spiro atoms. The summed E-state index contributed by atoms with van der Waals surface area (Å²) in [6.07, 6.45) is 5.08. The van der Waals surface area contributed by atoms with Crippen molar-refractivity contribution in [1.29, 1.82) is 0 Å². The van der Waals surface area contributed by atoms with Gasteiger partial charge in [0.05, 0.1) is 12.9 Å². The van der Waals surface area contributed by atoms with Gasteiger partial charge in [0.2, 0.25) is 0 Å². The summed E-state index contributed by atoms with van der Waals surface area (Å²) in [6.45, 7) is 4.95. The Morgan fingerprint density at radius 2 is 2.11 bits per heavy atom. The van der Waals surface area contributed by atoms with Crippen molar-refractivity contribution < 1.29 is 17.9 Å². The monoisotopic (exact) mass is 417 g/mol. The first kappa shape index (κ1) is 20.0. The number of aromatic nitrogens is 2. The zero-order valence-corrected chi connectivity index (χ0v) is 17.0. The van der Waals surface area contributed by atoms with Crippen molar-refractivity contribution in [3.05, 3.63) is 59.5 Å². The molecule has 0 saturated heterocycles. The zero-order chi connectivity index (χ0) is 20.1. The van der Waals surface area contributed by atoms with E-state index in [9.17, 15) is 13.2 Å². The maximum atomic E-state index is 11.7. The molecule has 2 heterocycles. The predicted octanol–water partition coefficient (Wildman–Crippen LogP) is 4.42. The summed E-state index contributed by atoms with van der Waals surface area (Å²) in [6, 6.07) is 9.51. The number of rotatable bonds is 6. The van der Waals surface area contributed by atoms with Crippen molar-refractivity contribution in [3.63, 3.8) is 0 Å². The first-order chi connectivity index (χ1) is 13.4. The number of hydrogen-bond donors (Lipinski definition) is 0. The second kappa shape index (κ2) is 8.94. The van der Waals surface area contributed by atoms with Crippen LogP contribution in [0.15, 0.2) is 53.4 Å². The third-order valence-electron chi connectivity index (χ3n) is 3.86. The number of carbonyl (C=O) groups excluding carboxylic acids is 1. The lowest BCUT2D eigenvalue weighted by atomic mass is 10.00. The standard InChI is InChI=1S/C19H19N3O4S2/c1-13(2)9-14-3-5-17(26-19(23)21-28(24)25)16(10-14)18-6-4-15(27-18)11-22-8-7-20-12-22/h3-8,10,12-13H,9,11H2,1-2H3. The Morgan fingerprint density at radius 1 is 1.29 bits per heavy atom. The molecule has 0 aliphatic heterocycles. The third-order valence-corrected chi connectivity index (χ3v) is 5.26. The molecular formula is C19H19N3O4S2. The van der Waals surface area contributed by atoms with E-state index in [1.165, 1.54) is 0 Å². The van der Waals surface area contributed by atoms with Crippen LogP contribution in [-0.2, 0) is 23.5 Å². The molecule has 0 aliphatic rings. The first-order valence-electron chi connectivity index (χ1n) is 8.61. The molecule has 0 saturated carbocycles. The van der Waals surface area contributed by atoms with Gasteiger partial charge in [-0.3, -0.25) is 0 Å². The van der Waals surface area contributed by atoms with Gasteiger partial charge in [0.15, 0.2) is 0 Å². The van der Waals surface area contributed by atoms with Gasteiger partial charge in [-0.15, -0.1) is 11.3 Å². The van der Waals surface area contributed by atoms with E-state index < -0.39 is 16.6 Å². The van der Waals surface area contributed by atoms with E-state index in [1.807, 2.05) is 35.0 Å². The van der Waals surface area contributed by atoms with Gasteiger partial charge < -0.3 is 9.30 Å². The average molecular weight is 418 g/mol. The molecule has 0 fully saturated rings. The topological polar surface area (TPSA) is 90.6 Å². The second-order valence-electron chi connectivity index (χ2n) is 6.61. The molecule has 7 nitrogen and oxygen atoms in total. The smallest absolute Gasteiger partial charge is 0.407 e. The molecule has 2 aromatic heterocycles. The number of ether oxygens (including phenoxy) is 1. The second-order valence-corrected chi connectivity index (χ2v) is 8.39. The van der Waals surface area contributed by atoms with Crippen LogP contribution in [0, 0.1) is 5.92 Å². The number of imidazole rings is 1. The molecule has 3 aromatic rings. The predicted molar refractivity (Wildman–Crippen MR) is 107 cm³/mol. The molecule has 0 unspecified atom stereocenters. The van der Waals surface area contributed by atoms with Crippen LogP contribution < -0.4 is 4.74 Å². The summed E-state index contributed by atoms with van der Waals surface area (Å²) in [5.74, 6) is 0.752. The quantitative estimate of drug-likeness (QED) is 0.592. The van der Waals surface area contributed by atoms with Crippen LogP contribution >= 0.6 is 11.3 Å². The lowest BCUT2D eigenvalue weighted by molar-refractivity contribution is 0.212. The summed E-state index contributed by atoms with van der Waals surface area (Å²) >= 11 is 1.57. The number of nitrogens with zero attached hydrogens (tertiary/aromatic N) is 3. The fourth-order valence-corrected chi connectivity index (χ4v) is 4.00. The molecule has 1 amide bonds. The molecule has 146 valence electrons. The fourth-order valence-electron chi connectivity index (χ4n) is 2.80. The van der Waals surface area contributed by atoms with Gasteiger partial charge in [0.1, 0.15) is 5.75 Å². The lowest BCUT2D eigenvalue weighted by Crippen LogP contribution is -2.03. The van der Waals surface area contributed by atoms with E-state index in [0.717, 1.165) is 27.3 Å². The Balaban J connectivity index is 1.94. The van der Waals surface area contributed by atoms with Crippen LogP contribution in [0.4, 0.5) is 4.79 Å².